The average molecular weight is 507 g/mol. The van der Waals surface area contributed by atoms with Gasteiger partial charge in [-0.2, -0.15) is 0 Å². The third-order valence-electron chi connectivity index (χ3n) is 11.5. The van der Waals surface area contributed by atoms with Crippen LogP contribution in [-0.2, 0) is 16.1 Å². The Hall–Kier alpha value is -2.05. The van der Waals surface area contributed by atoms with Crippen molar-refractivity contribution in [3.05, 3.63) is 41.7 Å². The number of ketones is 1. The third-order valence-corrected chi connectivity index (χ3v) is 11.5. The summed E-state index contributed by atoms with van der Waals surface area (Å²) in [4.78, 5) is 33.3. The molecule has 0 radical (unpaired) electrons. The lowest BCUT2D eigenvalue weighted by atomic mass is 9.46. The fraction of sp³-hybridized carbons (Fsp3) is 0.710. The molecule has 6 heteroatoms. The molecular formula is C31H42N2O4. The first-order valence-electron chi connectivity index (χ1n) is 14.4. The summed E-state index contributed by atoms with van der Waals surface area (Å²) < 4.78 is 0. The highest BCUT2D eigenvalue weighted by atomic mass is 16.3. The van der Waals surface area contributed by atoms with E-state index in [2.05, 4.69) is 30.7 Å². The van der Waals surface area contributed by atoms with E-state index in [-0.39, 0.29) is 46.8 Å². The Labute approximate surface area is 220 Å². The van der Waals surface area contributed by atoms with Crippen LogP contribution in [-0.4, -0.2) is 49.5 Å². The quantitative estimate of drug-likeness (QED) is 0.616. The van der Waals surface area contributed by atoms with Crippen molar-refractivity contribution in [2.75, 3.05) is 0 Å². The van der Waals surface area contributed by atoms with Crippen LogP contribution in [0.1, 0.15) is 84.1 Å². The Morgan fingerprint density at radius 2 is 1.92 bits per heavy atom. The van der Waals surface area contributed by atoms with Gasteiger partial charge in [0.2, 0.25) is 5.91 Å². The molecule has 2 N–H and O–H groups in total. The molecule has 37 heavy (non-hydrogen) atoms. The topological polar surface area (TPSA) is 90.7 Å². The lowest BCUT2D eigenvalue weighted by Crippen LogP contribution is -2.60. The molecule has 6 nitrogen and oxygen atoms in total. The highest BCUT2D eigenvalue weighted by molar-refractivity contribution is 5.95. The molecule has 0 aromatic carbocycles. The number of aromatic nitrogens is 1. The fourth-order valence-electron chi connectivity index (χ4n) is 9.02. The lowest BCUT2D eigenvalue weighted by Gasteiger charge is -2.60. The number of hydrogen-bond acceptors (Lipinski definition) is 5. The van der Waals surface area contributed by atoms with Gasteiger partial charge in [-0.3, -0.25) is 14.6 Å². The maximum absolute atomic E-state index is 13.5. The van der Waals surface area contributed by atoms with Crippen molar-refractivity contribution < 1.29 is 19.8 Å². The van der Waals surface area contributed by atoms with Gasteiger partial charge in [0, 0.05) is 42.2 Å². The van der Waals surface area contributed by atoms with E-state index in [0.717, 1.165) is 56.1 Å². The van der Waals surface area contributed by atoms with Gasteiger partial charge in [-0.15, -0.1) is 0 Å². The number of aliphatic hydroxyl groups excluding tert-OH is 1. The molecule has 5 aliphatic carbocycles. The Morgan fingerprint density at radius 1 is 1.14 bits per heavy atom. The van der Waals surface area contributed by atoms with Crippen LogP contribution in [0.25, 0.3) is 0 Å². The van der Waals surface area contributed by atoms with E-state index in [1.807, 2.05) is 18.3 Å². The Balaban J connectivity index is 1.32. The van der Waals surface area contributed by atoms with Crippen LogP contribution in [0, 0.1) is 34.5 Å². The third kappa shape index (κ3) is 3.76. The molecule has 4 saturated carbocycles. The van der Waals surface area contributed by atoms with Crippen molar-refractivity contribution in [3.63, 3.8) is 0 Å². The molecule has 1 amide bonds. The van der Waals surface area contributed by atoms with Crippen LogP contribution in [0.3, 0.4) is 0 Å². The summed E-state index contributed by atoms with van der Waals surface area (Å²) >= 11 is 0. The van der Waals surface area contributed by atoms with Crippen LogP contribution in [0.4, 0.5) is 0 Å². The standard InChI is InChI=1S/C31H42N2O4/c1-19(33(28(36)21-6-7-21)18-20-5-4-14-32-17-20)23-10-13-31(37)25-16-27(35)26-15-22(34)8-11-29(26,2)24(25)9-12-30(23,31)3/h4-5,14,16-17,19,21-24,26,34,37H,6-13,15,18H2,1-3H3/t19?,22-,23?,24?,26?,29?,30?,31+/m0/s1. The van der Waals surface area contributed by atoms with E-state index < -0.39 is 17.1 Å². The molecule has 1 aromatic rings. The van der Waals surface area contributed by atoms with Crippen molar-refractivity contribution in [2.45, 2.75) is 103 Å². The van der Waals surface area contributed by atoms with Gasteiger partial charge >= 0.3 is 0 Å². The summed E-state index contributed by atoms with van der Waals surface area (Å²) in [6, 6.07) is 3.93. The van der Waals surface area contributed by atoms with Crippen LogP contribution >= 0.6 is 0 Å². The summed E-state index contributed by atoms with van der Waals surface area (Å²) in [6.07, 6.45) is 12.3. The predicted octanol–water partition coefficient (Wildman–Crippen LogP) is 4.44. The number of hydrogen-bond donors (Lipinski definition) is 2. The first kappa shape index (κ1) is 25.2. The van der Waals surface area contributed by atoms with Crippen molar-refractivity contribution in [1.29, 1.82) is 0 Å². The normalized spacial score (nSPS) is 41.8. The molecule has 0 spiro atoms. The minimum atomic E-state index is -1.03. The molecular weight excluding hydrogens is 464 g/mol. The monoisotopic (exact) mass is 506 g/mol. The number of rotatable bonds is 5. The number of carbonyl (C=O) groups is 2. The molecule has 5 aliphatic rings. The van der Waals surface area contributed by atoms with Crippen molar-refractivity contribution in [1.82, 2.24) is 9.88 Å². The number of carbonyl (C=O) groups excluding carboxylic acids is 2. The number of amides is 1. The molecule has 1 heterocycles. The van der Waals surface area contributed by atoms with Gasteiger partial charge in [-0.25, -0.2) is 0 Å². The number of fused-ring (bicyclic) bond motifs is 5. The van der Waals surface area contributed by atoms with Gasteiger partial charge in [0.15, 0.2) is 5.78 Å². The van der Waals surface area contributed by atoms with Crippen LogP contribution in [0.15, 0.2) is 36.2 Å². The highest BCUT2D eigenvalue weighted by Crippen LogP contribution is 2.67. The SMILES string of the molecule is CC(C1CC[C@@]2(O)C3=CC(=O)C4C[C@@H](O)CCC4(C)C3CCC12C)N(Cc1cccnc1)C(=O)C1CC1. The van der Waals surface area contributed by atoms with Crippen molar-refractivity contribution in [3.8, 4) is 0 Å². The molecule has 4 fully saturated rings. The molecule has 0 aliphatic heterocycles. The van der Waals surface area contributed by atoms with Crippen molar-refractivity contribution >= 4 is 11.7 Å². The fourth-order valence-corrected chi connectivity index (χ4v) is 9.02. The van der Waals surface area contributed by atoms with Gasteiger partial charge in [0.1, 0.15) is 0 Å². The molecule has 8 atom stereocenters. The second-order valence-electron chi connectivity index (χ2n) is 13.3. The molecule has 0 saturated heterocycles. The van der Waals surface area contributed by atoms with E-state index >= 15 is 0 Å². The van der Waals surface area contributed by atoms with E-state index in [9.17, 15) is 19.8 Å². The zero-order valence-electron chi connectivity index (χ0n) is 22.5. The van der Waals surface area contributed by atoms with E-state index in [4.69, 9.17) is 0 Å². The Morgan fingerprint density at radius 3 is 2.62 bits per heavy atom. The molecule has 1 aromatic heterocycles. The van der Waals surface area contributed by atoms with Crippen LogP contribution in [0.2, 0.25) is 0 Å². The summed E-state index contributed by atoms with van der Waals surface area (Å²) in [5, 5.41) is 22.8. The Bertz CT molecular complexity index is 1120. The van der Waals surface area contributed by atoms with Crippen molar-refractivity contribution in [2.24, 2.45) is 34.5 Å². The average Bonchev–Trinajstić information content (AvgIpc) is 3.68. The van der Waals surface area contributed by atoms with E-state index in [1.165, 1.54) is 0 Å². The van der Waals surface area contributed by atoms with Gasteiger partial charge < -0.3 is 15.1 Å². The largest absolute Gasteiger partial charge is 0.393 e. The molecule has 200 valence electrons. The minimum Gasteiger partial charge on any atom is -0.393 e. The first-order valence-corrected chi connectivity index (χ1v) is 14.4. The maximum atomic E-state index is 13.5. The second kappa shape index (κ2) is 8.74. The van der Waals surface area contributed by atoms with Crippen LogP contribution < -0.4 is 0 Å². The van der Waals surface area contributed by atoms with Crippen LogP contribution in [0.5, 0.6) is 0 Å². The van der Waals surface area contributed by atoms with Gasteiger partial charge in [0.25, 0.3) is 0 Å². The molecule has 6 rings (SSSR count). The first-order chi connectivity index (χ1) is 17.6. The van der Waals surface area contributed by atoms with Gasteiger partial charge in [-0.05, 0) is 105 Å². The molecule has 0 bridgehead atoms. The zero-order chi connectivity index (χ0) is 26.2. The smallest absolute Gasteiger partial charge is 0.226 e. The van der Waals surface area contributed by atoms with Gasteiger partial charge in [0.05, 0.1) is 11.7 Å². The lowest BCUT2D eigenvalue weighted by molar-refractivity contribution is -0.145. The number of aliphatic hydroxyl groups is 2. The number of pyridine rings is 1. The predicted molar refractivity (Wildman–Crippen MR) is 140 cm³/mol. The number of allylic oxidation sites excluding steroid dienone is 1. The summed E-state index contributed by atoms with van der Waals surface area (Å²) in [6.45, 7) is 7.15. The second-order valence-corrected chi connectivity index (χ2v) is 13.3. The summed E-state index contributed by atoms with van der Waals surface area (Å²) in [7, 11) is 0. The van der Waals surface area contributed by atoms with E-state index in [1.54, 1.807) is 12.3 Å². The number of nitrogens with zero attached hydrogens (tertiary/aromatic N) is 2. The zero-order valence-corrected chi connectivity index (χ0v) is 22.5. The minimum absolute atomic E-state index is 0.0167. The Kier molecular flexibility index (Phi) is 5.96. The molecule has 6 unspecified atom stereocenters. The summed E-state index contributed by atoms with van der Waals surface area (Å²) in [5.41, 5.74) is 0.351. The maximum Gasteiger partial charge on any atom is 0.226 e. The van der Waals surface area contributed by atoms with Gasteiger partial charge in [-0.1, -0.05) is 19.9 Å². The van der Waals surface area contributed by atoms with E-state index in [0.29, 0.717) is 19.4 Å². The summed E-state index contributed by atoms with van der Waals surface area (Å²) in [5.74, 6) is 0.610. The highest BCUT2D eigenvalue weighted by Gasteiger charge is 2.66.